The molecule has 1 rings (SSSR count). The zero-order chi connectivity index (χ0) is 13.8. The van der Waals surface area contributed by atoms with Gasteiger partial charge in [-0.15, -0.1) is 0 Å². The number of nitro groups is 1. The van der Waals surface area contributed by atoms with Crippen LogP contribution in [0.1, 0.15) is 32.3 Å². The van der Waals surface area contributed by atoms with Gasteiger partial charge in [0.2, 0.25) is 0 Å². The third-order valence-corrected chi connectivity index (χ3v) is 2.80. The van der Waals surface area contributed by atoms with Gasteiger partial charge < -0.3 is 10.4 Å². The van der Waals surface area contributed by atoms with E-state index in [1.54, 1.807) is 19.1 Å². The summed E-state index contributed by atoms with van der Waals surface area (Å²) in [6.07, 6.45) is 1.52. The minimum Gasteiger partial charge on any atom is -0.388 e. The Kier molecular flexibility index (Phi) is 4.67. The first-order valence-electron chi connectivity index (χ1n) is 6.07. The van der Waals surface area contributed by atoms with E-state index in [0.717, 1.165) is 12.0 Å². The summed E-state index contributed by atoms with van der Waals surface area (Å²) in [5.74, 6) is 0. The lowest BCUT2D eigenvalue weighted by Crippen LogP contribution is -2.33. The Morgan fingerprint density at radius 1 is 1.50 bits per heavy atom. The summed E-state index contributed by atoms with van der Waals surface area (Å²) in [6.45, 7) is 5.89. The lowest BCUT2D eigenvalue weighted by molar-refractivity contribution is -0.384. The maximum absolute atomic E-state index is 10.9. The molecule has 1 unspecified atom stereocenters. The van der Waals surface area contributed by atoms with Crippen LogP contribution in [0.2, 0.25) is 0 Å². The van der Waals surface area contributed by atoms with Crippen molar-refractivity contribution >= 4 is 11.4 Å². The Morgan fingerprint density at radius 2 is 2.17 bits per heavy atom. The summed E-state index contributed by atoms with van der Waals surface area (Å²) < 4.78 is 0. The smallest absolute Gasteiger partial charge is 0.292 e. The van der Waals surface area contributed by atoms with Gasteiger partial charge in [0.05, 0.1) is 10.5 Å². The lowest BCUT2D eigenvalue weighted by atomic mass is 10.0. The van der Waals surface area contributed by atoms with E-state index in [1.807, 2.05) is 13.8 Å². The predicted molar refractivity (Wildman–Crippen MR) is 71.9 cm³/mol. The Morgan fingerprint density at radius 3 is 2.72 bits per heavy atom. The van der Waals surface area contributed by atoms with Crippen molar-refractivity contribution in [3.8, 4) is 0 Å². The number of nitrogens with one attached hydrogen (secondary N) is 1. The molecular formula is C13H20N2O3. The highest BCUT2D eigenvalue weighted by Crippen LogP contribution is 2.26. The molecule has 2 N–H and O–H groups in total. The average Bonchev–Trinajstić information content (AvgIpc) is 2.26. The van der Waals surface area contributed by atoms with E-state index in [-0.39, 0.29) is 5.69 Å². The van der Waals surface area contributed by atoms with Crippen molar-refractivity contribution < 1.29 is 10.0 Å². The van der Waals surface area contributed by atoms with Crippen LogP contribution in [0.4, 0.5) is 11.4 Å². The van der Waals surface area contributed by atoms with Gasteiger partial charge in [0.15, 0.2) is 0 Å². The number of hydrogen-bond donors (Lipinski definition) is 2. The molecule has 0 amide bonds. The molecule has 0 aromatic heterocycles. The summed E-state index contributed by atoms with van der Waals surface area (Å²) in [4.78, 5) is 10.5. The fourth-order valence-corrected chi connectivity index (χ4v) is 1.86. The highest BCUT2D eigenvalue weighted by Gasteiger charge is 2.21. The molecule has 0 saturated heterocycles. The summed E-state index contributed by atoms with van der Waals surface area (Å²) in [6, 6.07) is 4.90. The molecule has 5 nitrogen and oxygen atoms in total. The van der Waals surface area contributed by atoms with Crippen molar-refractivity contribution in [2.24, 2.45) is 0 Å². The van der Waals surface area contributed by atoms with Gasteiger partial charge in [0.1, 0.15) is 5.69 Å². The summed E-state index contributed by atoms with van der Waals surface area (Å²) in [5.41, 5.74) is 0.578. The van der Waals surface area contributed by atoms with E-state index >= 15 is 0 Å². The Hall–Kier alpha value is -1.62. The molecule has 0 heterocycles. The van der Waals surface area contributed by atoms with Crippen LogP contribution < -0.4 is 5.32 Å². The van der Waals surface area contributed by atoms with E-state index < -0.39 is 10.5 Å². The van der Waals surface area contributed by atoms with Gasteiger partial charge in [-0.25, -0.2) is 0 Å². The topological polar surface area (TPSA) is 75.4 Å². The van der Waals surface area contributed by atoms with Crippen LogP contribution in [-0.2, 0) is 0 Å². The normalized spacial score (nSPS) is 14.0. The zero-order valence-electron chi connectivity index (χ0n) is 11.1. The quantitative estimate of drug-likeness (QED) is 0.603. The monoisotopic (exact) mass is 252 g/mol. The molecule has 1 aromatic carbocycles. The SMILES string of the molecule is CCCC(C)(O)CNc1cc(C)ccc1[N+](=O)[O-]. The van der Waals surface area contributed by atoms with Gasteiger partial charge in [-0.1, -0.05) is 19.4 Å². The first-order valence-corrected chi connectivity index (χ1v) is 6.07. The van der Waals surface area contributed by atoms with Gasteiger partial charge in [-0.3, -0.25) is 10.1 Å². The van der Waals surface area contributed by atoms with Gasteiger partial charge in [-0.05, 0) is 31.9 Å². The van der Waals surface area contributed by atoms with E-state index in [0.29, 0.717) is 18.7 Å². The van der Waals surface area contributed by atoms with Gasteiger partial charge >= 0.3 is 0 Å². The molecule has 0 spiro atoms. The molecule has 0 aliphatic rings. The molecule has 0 fully saturated rings. The number of rotatable bonds is 6. The van der Waals surface area contributed by atoms with Crippen LogP contribution in [0.15, 0.2) is 18.2 Å². The molecule has 0 saturated carbocycles. The minimum absolute atomic E-state index is 0.0351. The predicted octanol–water partition coefficient (Wildman–Crippen LogP) is 2.87. The van der Waals surface area contributed by atoms with Crippen LogP contribution in [-0.4, -0.2) is 22.2 Å². The van der Waals surface area contributed by atoms with Crippen molar-refractivity contribution in [2.75, 3.05) is 11.9 Å². The number of nitrogens with zero attached hydrogens (tertiary/aromatic N) is 1. The number of aliphatic hydroxyl groups is 1. The number of aryl methyl sites for hydroxylation is 1. The van der Waals surface area contributed by atoms with Gasteiger partial charge in [-0.2, -0.15) is 0 Å². The number of hydrogen-bond acceptors (Lipinski definition) is 4. The molecule has 0 aliphatic carbocycles. The van der Waals surface area contributed by atoms with E-state index in [4.69, 9.17) is 0 Å². The van der Waals surface area contributed by atoms with E-state index in [9.17, 15) is 15.2 Å². The summed E-state index contributed by atoms with van der Waals surface area (Å²) >= 11 is 0. The third-order valence-electron chi connectivity index (χ3n) is 2.80. The van der Waals surface area contributed by atoms with E-state index in [2.05, 4.69) is 5.32 Å². The van der Waals surface area contributed by atoms with Crippen molar-refractivity contribution in [1.82, 2.24) is 0 Å². The minimum atomic E-state index is -0.855. The first kappa shape index (κ1) is 14.4. The van der Waals surface area contributed by atoms with Crippen LogP contribution in [0.5, 0.6) is 0 Å². The second-order valence-electron chi connectivity index (χ2n) is 4.88. The van der Waals surface area contributed by atoms with Crippen molar-refractivity contribution in [1.29, 1.82) is 0 Å². The summed E-state index contributed by atoms with van der Waals surface area (Å²) in [5, 5.41) is 23.9. The molecule has 100 valence electrons. The Balaban J connectivity index is 2.83. The largest absolute Gasteiger partial charge is 0.388 e. The second kappa shape index (κ2) is 5.82. The molecule has 1 atom stereocenters. The molecule has 0 aliphatic heterocycles. The molecule has 0 bridgehead atoms. The molecule has 1 aromatic rings. The lowest BCUT2D eigenvalue weighted by Gasteiger charge is -2.23. The number of anilines is 1. The van der Waals surface area contributed by atoms with Gasteiger partial charge in [0, 0.05) is 12.6 Å². The Bertz CT molecular complexity index is 430. The molecule has 18 heavy (non-hydrogen) atoms. The van der Waals surface area contributed by atoms with Crippen LogP contribution in [0.3, 0.4) is 0 Å². The Labute approximate surface area is 107 Å². The first-order chi connectivity index (χ1) is 8.35. The average molecular weight is 252 g/mol. The standard InChI is InChI=1S/C13H20N2O3/c1-4-7-13(3,16)9-14-11-8-10(2)5-6-12(11)15(17)18/h5-6,8,14,16H,4,7,9H2,1-3H3. The third kappa shape index (κ3) is 4.00. The maximum Gasteiger partial charge on any atom is 0.292 e. The van der Waals surface area contributed by atoms with Crippen LogP contribution in [0.25, 0.3) is 0 Å². The fourth-order valence-electron chi connectivity index (χ4n) is 1.86. The van der Waals surface area contributed by atoms with Crippen molar-refractivity contribution in [2.45, 2.75) is 39.2 Å². The molecule has 0 radical (unpaired) electrons. The highest BCUT2D eigenvalue weighted by atomic mass is 16.6. The number of benzene rings is 1. The zero-order valence-corrected chi connectivity index (χ0v) is 11.1. The van der Waals surface area contributed by atoms with Crippen molar-refractivity contribution in [3.63, 3.8) is 0 Å². The number of nitro benzene ring substituents is 1. The van der Waals surface area contributed by atoms with Crippen LogP contribution in [0, 0.1) is 17.0 Å². The van der Waals surface area contributed by atoms with Crippen LogP contribution >= 0.6 is 0 Å². The molecular weight excluding hydrogens is 232 g/mol. The van der Waals surface area contributed by atoms with Crippen molar-refractivity contribution in [3.05, 3.63) is 33.9 Å². The fraction of sp³-hybridized carbons (Fsp3) is 0.538. The maximum atomic E-state index is 10.9. The summed E-state index contributed by atoms with van der Waals surface area (Å²) in [7, 11) is 0. The molecule has 5 heteroatoms. The van der Waals surface area contributed by atoms with E-state index in [1.165, 1.54) is 6.07 Å². The highest BCUT2D eigenvalue weighted by molar-refractivity contribution is 5.62. The van der Waals surface area contributed by atoms with Gasteiger partial charge in [0.25, 0.3) is 5.69 Å². The second-order valence-corrected chi connectivity index (χ2v) is 4.88.